The molecule has 0 saturated carbocycles. The molecule has 0 aliphatic carbocycles. The Bertz CT molecular complexity index is 286. The smallest absolute Gasteiger partial charge is 0.213 e. The van der Waals surface area contributed by atoms with E-state index < -0.39 is 0 Å². The van der Waals surface area contributed by atoms with Gasteiger partial charge in [-0.25, -0.2) is 0 Å². The molecule has 0 aliphatic rings. The van der Waals surface area contributed by atoms with Crippen LogP contribution >= 0.6 is 0 Å². The molecule has 1 rings (SSSR count). The number of hydrogen-bond donors (Lipinski definition) is 0. The summed E-state index contributed by atoms with van der Waals surface area (Å²) in [7, 11) is 1.71. The predicted molar refractivity (Wildman–Crippen MR) is 52.1 cm³/mol. The Morgan fingerprint density at radius 2 is 2.31 bits per heavy atom. The zero-order valence-electron chi connectivity index (χ0n) is 7.86. The van der Waals surface area contributed by atoms with E-state index in [2.05, 4.69) is 0 Å². The topological polar surface area (TPSA) is 29.5 Å². The largest absolute Gasteiger partial charge is 0.494 e. The van der Waals surface area contributed by atoms with Crippen molar-refractivity contribution < 1.29 is 9.53 Å². The Morgan fingerprint density at radius 1 is 1.54 bits per heavy atom. The van der Waals surface area contributed by atoms with Crippen LogP contribution in [-0.4, -0.2) is 20.1 Å². The van der Waals surface area contributed by atoms with Crippen LogP contribution in [0.25, 0.3) is 0 Å². The van der Waals surface area contributed by atoms with Crippen LogP contribution in [0.3, 0.4) is 0 Å². The molecule has 0 spiro atoms. The molecule has 0 unspecified atom stereocenters. The van der Waals surface area contributed by atoms with E-state index in [9.17, 15) is 4.79 Å². The van der Waals surface area contributed by atoms with Crippen molar-refractivity contribution in [2.45, 2.75) is 6.92 Å². The van der Waals surface area contributed by atoms with Crippen molar-refractivity contribution in [3.05, 3.63) is 24.3 Å². The first-order valence-corrected chi connectivity index (χ1v) is 4.19. The van der Waals surface area contributed by atoms with E-state index in [0.717, 1.165) is 17.8 Å². The normalized spacial score (nSPS) is 9.38. The van der Waals surface area contributed by atoms with E-state index in [1.165, 1.54) is 4.90 Å². The van der Waals surface area contributed by atoms with Crippen LogP contribution in [0.15, 0.2) is 24.3 Å². The predicted octanol–water partition coefficient (Wildman–Crippen LogP) is 1.68. The number of nitrogens with zero attached hydrogens (tertiary/aromatic N) is 1. The lowest BCUT2D eigenvalue weighted by atomic mass is 10.3. The molecule has 3 nitrogen and oxygen atoms in total. The van der Waals surface area contributed by atoms with Crippen LogP contribution in [0, 0.1) is 0 Å². The van der Waals surface area contributed by atoms with E-state index in [4.69, 9.17) is 4.74 Å². The summed E-state index contributed by atoms with van der Waals surface area (Å²) in [5.41, 5.74) is 0.834. The fraction of sp³-hybridized carbons (Fsp3) is 0.300. The molecule has 1 amide bonds. The number of amides is 1. The molecule has 0 heterocycles. The highest BCUT2D eigenvalue weighted by Gasteiger charge is 1.99. The van der Waals surface area contributed by atoms with Gasteiger partial charge in [-0.15, -0.1) is 0 Å². The summed E-state index contributed by atoms with van der Waals surface area (Å²) in [5.74, 6) is 0.786. The van der Waals surface area contributed by atoms with Gasteiger partial charge in [0, 0.05) is 18.8 Å². The molecule has 0 aromatic heterocycles. The Labute approximate surface area is 77.9 Å². The van der Waals surface area contributed by atoms with Crippen molar-refractivity contribution in [2.24, 2.45) is 0 Å². The first-order chi connectivity index (χ1) is 6.27. The summed E-state index contributed by atoms with van der Waals surface area (Å²) in [5, 5.41) is 0. The number of hydrogen-bond acceptors (Lipinski definition) is 2. The lowest BCUT2D eigenvalue weighted by molar-refractivity contribution is -0.107. The van der Waals surface area contributed by atoms with Gasteiger partial charge in [0.1, 0.15) is 5.75 Å². The number of rotatable bonds is 4. The molecule has 0 bridgehead atoms. The van der Waals surface area contributed by atoms with Crippen molar-refractivity contribution in [3.8, 4) is 5.75 Å². The average molecular weight is 179 g/mol. The van der Waals surface area contributed by atoms with E-state index in [1.54, 1.807) is 7.05 Å². The first-order valence-electron chi connectivity index (χ1n) is 4.19. The maximum atomic E-state index is 10.5. The van der Waals surface area contributed by atoms with Crippen molar-refractivity contribution in [2.75, 3.05) is 18.6 Å². The average Bonchev–Trinajstić information content (AvgIpc) is 2.18. The summed E-state index contributed by atoms with van der Waals surface area (Å²) < 4.78 is 5.30. The van der Waals surface area contributed by atoms with Gasteiger partial charge in [0.25, 0.3) is 0 Å². The van der Waals surface area contributed by atoms with Crippen molar-refractivity contribution in [1.82, 2.24) is 0 Å². The number of carbonyl (C=O) groups excluding carboxylic acids is 1. The van der Waals surface area contributed by atoms with Crippen molar-refractivity contribution in [3.63, 3.8) is 0 Å². The molecule has 70 valence electrons. The lowest BCUT2D eigenvalue weighted by Gasteiger charge is -2.11. The third-order valence-electron chi connectivity index (χ3n) is 1.69. The minimum Gasteiger partial charge on any atom is -0.494 e. The Kier molecular flexibility index (Phi) is 3.31. The van der Waals surface area contributed by atoms with Crippen molar-refractivity contribution in [1.29, 1.82) is 0 Å². The molecule has 0 radical (unpaired) electrons. The highest BCUT2D eigenvalue weighted by atomic mass is 16.5. The van der Waals surface area contributed by atoms with Gasteiger partial charge in [0.05, 0.1) is 6.61 Å². The van der Waals surface area contributed by atoms with Crippen LogP contribution in [-0.2, 0) is 4.79 Å². The van der Waals surface area contributed by atoms with Crippen LogP contribution in [0.1, 0.15) is 6.92 Å². The van der Waals surface area contributed by atoms with Crippen LogP contribution in [0.2, 0.25) is 0 Å². The molecule has 0 aliphatic heterocycles. The van der Waals surface area contributed by atoms with E-state index in [-0.39, 0.29) is 0 Å². The zero-order valence-corrected chi connectivity index (χ0v) is 7.86. The van der Waals surface area contributed by atoms with E-state index in [0.29, 0.717) is 6.61 Å². The Hall–Kier alpha value is -1.51. The molecule has 0 atom stereocenters. The summed E-state index contributed by atoms with van der Waals surface area (Å²) in [6.07, 6.45) is 0.769. The standard InChI is InChI=1S/C10H13NO2/c1-3-13-10-6-4-5-9(7-10)11(2)8-12/h4-8H,3H2,1-2H3. The maximum absolute atomic E-state index is 10.5. The fourth-order valence-corrected chi connectivity index (χ4v) is 1.02. The van der Waals surface area contributed by atoms with E-state index >= 15 is 0 Å². The number of carbonyl (C=O) groups is 1. The number of anilines is 1. The molecule has 1 aromatic rings. The SMILES string of the molecule is CCOc1cccc(N(C)C=O)c1. The minimum atomic E-state index is 0.633. The third kappa shape index (κ3) is 2.47. The van der Waals surface area contributed by atoms with Gasteiger partial charge in [-0.1, -0.05) is 6.07 Å². The monoisotopic (exact) mass is 179 g/mol. The summed E-state index contributed by atoms with van der Waals surface area (Å²) in [4.78, 5) is 12.0. The maximum Gasteiger partial charge on any atom is 0.213 e. The Morgan fingerprint density at radius 3 is 2.92 bits per heavy atom. The van der Waals surface area contributed by atoms with Crippen LogP contribution in [0.5, 0.6) is 5.75 Å². The highest BCUT2D eigenvalue weighted by molar-refractivity contribution is 5.74. The summed E-state index contributed by atoms with van der Waals surface area (Å²) in [6, 6.07) is 7.42. The molecule has 3 heteroatoms. The van der Waals surface area contributed by atoms with Crippen LogP contribution < -0.4 is 9.64 Å². The zero-order chi connectivity index (χ0) is 9.68. The molecular weight excluding hydrogens is 166 g/mol. The van der Waals surface area contributed by atoms with Gasteiger partial charge in [-0.3, -0.25) is 4.79 Å². The number of ether oxygens (including phenoxy) is 1. The highest BCUT2D eigenvalue weighted by Crippen LogP contribution is 2.19. The second-order valence-corrected chi connectivity index (χ2v) is 2.65. The van der Waals surface area contributed by atoms with E-state index in [1.807, 2.05) is 31.2 Å². The second kappa shape index (κ2) is 4.50. The van der Waals surface area contributed by atoms with Gasteiger partial charge in [0.15, 0.2) is 0 Å². The minimum absolute atomic E-state index is 0.633. The third-order valence-corrected chi connectivity index (χ3v) is 1.69. The van der Waals surface area contributed by atoms with Gasteiger partial charge in [-0.05, 0) is 19.1 Å². The lowest BCUT2D eigenvalue weighted by Crippen LogP contribution is -2.13. The first kappa shape index (κ1) is 9.58. The van der Waals surface area contributed by atoms with Gasteiger partial charge in [0.2, 0.25) is 6.41 Å². The molecule has 0 saturated heterocycles. The Balaban J connectivity index is 2.84. The molecular formula is C10H13NO2. The summed E-state index contributed by atoms with van der Waals surface area (Å²) in [6.45, 7) is 2.56. The van der Waals surface area contributed by atoms with Gasteiger partial charge in [-0.2, -0.15) is 0 Å². The summed E-state index contributed by atoms with van der Waals surface area (Å²) >= 11 is 0. The van der Waals surface area contributed by atoms with Gasteiger partial charge >= 0.3 is 0 Å². The fourth-order valence-electron chi connectivity index (χ4n) is 1.02. The molecule has 13 heavy (non-hydrogen) atoms. The van der Waals surface area contributed by atoms with Gasteiger partial charge < -0.3 is 9.64 Å². The molecule has 1 aromatic carbocycles. The quantitative estimate of drug-likeness (QED) is 0.658. The molecule has 0 fully saturated rings. The van der Waals surface area contributed by atoms with Crippen molar-refractivity contribution >= 4 is 12.1 Å². The molecule has 0 N–H and O–H groups in total. The number of benzene rings is 1. The second-order valence-electron chi connectivity index (χ2n) is 2.65. The van der Waals surface area contributed by atoms with Crippen LogP contribution in [0.4, 0.5) is 5.69 Å².